The molecule has 8 heavy (non-hydrogen) atoms. The maximum absolute atomic E-state index is 12.1. The van der Waals surface area contributed by atoms with E-state index in [9.17, 15) is 8.78 Å². The van der Waals surface area contributed by atoms with Crippen LogP contribution in [0.25, 0.3) is 0 Å². The molecule has 47 valence electrons. The average Bonchev–Trinajstić information content (AvgIpc) is 1.16. The summed E-state index contributed by atoms with van der Waals surface area (Å²) in [6, 6.07) is 0. The highest BCUT2D eigenvalue weighted by Gasteiger charge is 2.37. The van der Waals surface area contributed by atoms with Gasteiger partial charge in [-0.1, -0.05) is 0 Å². The minimum absolute atomic E-state index is 0.359. The minimum atomic E-state index is -2.44. The normalized spacial score (nSPS) is 22.9. The molecule has 1 saturated carbocycles. The van der Waals surface area contributed by atoms with Crippen LogP contribution in [0, 0.1) is 12.3 Å². The first-order valence-electron chi connectivity index (χ1n) is 2.80. The van der Waals surface area contributed by atoms with Crippen LogP contribution >= 0.6 is 0 Å². The average molecular weight is 119 g/mol. The summed E-state index contributed by atoms with van der Waals surface area (Å²) in [7, 11) is 0. The lowest BCUT2D eigenvalue weighted by atomic mass is 9.81. The molecule has 0 aliphatic heterocycles. The Morgan fingerprint density at radius 2 is 2.00 bits per heavy atom. The quantitative estimate of drug-likeness (QED) is 0.496. The van der Waals surface area contributed by atoms with Gasteiger partial charge in [-0.15, -0.1) is 0 Å². The fourth-order valence-corrected chi connectivity index (χ4v) is 0.747. The van der Waals surface area contributed by atoms with Gasteiger partial charge in [0.25, 0.3) is 0 Å². The van der Waals surface area contributed by atoms with Gasteiger partial charge in [0.05, 0.1) is 0 Å². The van der Waals surface area contributed by atoms with Crippen LogP contribution in [0.4, 0.5) is 8.78 Å². The van der Waals surface area contributed by atoms with Crippen molar-refractivity contribution < 1.29 is 8.78 Å². The molecular weight excluding hydrogens is 110 g/mol. The summed E-state index contributed by atoms with van der Waals surface area (Å²) in [5.74, 6) is -2.79. The van der Waals surface area contributed by atoms with Gasteiger partial charge in [-0.25, -0.2) is 8.78 Å². The standard InChI is InChI=1S/C6H9F2/c1-6(7,8)5-3-2-4-5/h2,5H,3-4H2,1H3. The van der Waals surface area contributed by atoms with E-state index in [4.69, 9.17) is 0 Å². The fraction of sp³-hybridized carbons (Fsp3) is 0.833. The van der Waals surface area contributed by atoms with Crippen LogP contribution in [0.1, 0.15) is 19.8 Å². The Morgan fingerprint density at radius 1 is 1.50 bits per heavy atom. The molecule has 1 radical (unpaired) electrons. The second-order valence-electron chi connectivity index (χ2n) is 2.41. The van der Waals surface area contributed by atoms with Gasteiger partial charge >= 0.3 is 0 Å². The predicted octanol–water partition coefficient (Wildman–Crippen LogP) is 2.26. The van der Waals surface area contributed by atoms with Gasteiger partial charge in [-0.2, -0.15) is 0 Å². The van der Waals surface area contributed by atoms with Crippen LogP contribution < -0.4 is 0 Å². The number of halogens is 2. The molecule has 0 spiro atoms. The van der Waals surface area contributed by atoms with Crippen LogP contribution in [0.3, 0.4) is 0 Å². The van der Waals surface area contributed by atoms with Gasteiger partial charge in [0.2, 0.25) is 5.92 Å². The zero-order chi connectivity index (χ0) is 6.20. The third-order valence-corrected chi connectivity index (χ3v) is 1.62. The maximum atomic E-state index is 12.1. The van der Waals surface area contributed by atoms with E-state index in [-0.39, 0.29) is 5.92 Å². The number of alkyl halides is 2. The summed E-state index contributed by atoms with van der Waals surface area (Å²) in [5.41, 5.74) is 0. The minimum Gasteiger partial charge on any atom is -0.207 e. The molecule has 0 aromatic heterocycles. The monoisotopic (exact) mass is 119 g/mol. The fourth-order valence-electron chi connectivity index (χ4n) is 0.747. The zero-order valence-corrected chi connectivity index (χ0v) is 4.82. The molecule has 0 saturated heterocycles. The van der Waals surface area contributed by atoms with E-state index in [1.807, 2.05) is 6.42 Å². The number of hydrogen-bond acceptors (Lipinski definition) is 0. The van der Waals surface area contributed by atoms with Crippen LogP contribution in [-0.2, 0) is 0 Å². The maximum Gasteiger partial charge on any atom is 0.248 e. The summed E-state index contributed by atoms with van der Waals surface area (Å²) in [6.07, 6.45) is 3.09. The van der Waals surface area contributed by atoms with E-state index >= 15 is 0 Å². The molecule has 0 aromatic carbocycles. The van der Waals surface area contributed by atoms with Crippen molar-refractivity contribution in [1.82, 2.24) is 0 Å². The van der Waals surface area contributed by atoms with Gasteiger partial charge in [-0.05, 0) is 26.2 Å². The number of hydrogen-bond donors (Lipinski definition) is 0. The molecule has 0 heterocycles. The lowest BCUT2D eigenvalue weighted by molar-refractivity contribution is -0.0559. The lowest BCUT2D eigenvalue weighted by Crippen LogP contribution is -2.30. The first-order chi connectivity index (χ1) is 3.61. The third kappa shape index (κ3) is 0.984. The Kier molecular flexibility index (Phi) is 1.25. The summed E-state index contributed by atoms with van der Waals surface area (Å²) < 4.78 is 24.3. The zero-order valence-electron chi connectivity index (χ0n) is 4.82. The Morgan fingerprint density at radius 3 is 2.00 bits per heavy atom. The molecule has 1 aliphatic rings. The molecule has 1 rings (SSSR count). The van der Waals surface area contributed by atoms with E-state index in [1.165, 1.54) is 0 Å². The first kappa shape index (κ1) is 5.99. The van der Waals surface area contributed by atoms with E-state index in [1.54, 1.807) is 0 Å². The summed E-state index contributed by atoms with van der Waals surface area (Å²) >= 11 is 0. The van der Waals surface area contributed by atoms with Crippen LogP contribution in [0.15, 0.2) is 0 Å². The van der Waals surface area contributed by atoms with Crippen molar-refractivity contribution >= 4 is 0 Å². The number of rotatable bonds is 1. The highest BCUT2D eigenvalue weighted by Crippen LogP contribution is 2.38. The highest BCUT2D eigenvalue weighted by atomic mass is 19.3. The van der Waals surface area contributed by atoms with E-state index in [0.29, 0.717) is 12.8 Å². The van der Waals surface area contributed by atoms with E-state index in [2.05, 4.69) is 0 Å². The largest absolute Gasteiger partial charge is 0.248 e. The van der Waals surface area contributed by atoms with Crippen molar-refractivity contribution in [1.29, 1.82) is 0 Å². The van der Waals surface area contributed by atoms with Crippen molar-refractivity contribution in [3.63, 3.8) is 0 Å². The Bertz CT molecular complexity index is 79.0. The topological polar surface area (TPSA) is 0 Å². The molecule has 2 heteroatoms. The van der Waals surface area contributed by atoms with Crippen molar-refractivity contribution in [2.24, 2.45) is 5.92 Å². The van der Waals surface area contributed by atoms with Crippen LogP contribution in [0.2, 0.25) is 0 Å². The van der Waals surface area contributed by atoms with Gasteiger partial charge < -0.3 is 0 Å². The molecule has 0 atom stereocenters. The molecule has 1 aliphatic carbocycles. The van der Waals surface area contributed by atoms with Gasteiger partial charge in [0.15, 0.2) is 0 Å². The molecule has 0 N–H and O–H groups in total. The highest BCUT2D eigenvalue weighted by molar-refractivity contribution is 4.91. The molecule has 1 fully saturated rings. The Balaban J connectivity index is 2.34. The first-order valence-corrected chi connectivity index (χ1v) is 2.80. The third-order valence-electron chi connectivity index (χ3n) is 1.62. The molecule has 0 unspecified atom stereocenters. The van der Waals surface area contributed by atoms with Crippen molar-refractivity contribution in [3.05, 3.63) is 6.42 Å². The van der Waals surface area contributed by atoms with Crippen molar-refractivity contribution in [2.45, 2.75) is 25.7 Å². The van der Waals surface area contributed by atoms with Crippen molar-refractivity contribution in [3.8, 4) is 0 Å². The molecular formula is C6H9F2. The molecule has 0 aromatic rings. The van der Waals surface area contributed by atoms with E-state index in [0.717, 1.165) is 6.92 Å². The van der Waals surface area contributed by atoms with Gasteiger partial charge in [0, 0.05) is 5.92 Å². The second kappa shape index (κ2) is 1.67. The summed E-state index contributed by atoms with van der Waals surface area (Å²) in [6.45, 7) is 0.991. The smallest absolute Gasteiger partial charge is 0.207 e. The predicted molar refractivity (Wildman–Crippen MR) is 27.6 cm³/mol. The SMILES string of the molecule is CC(F)(F)C1C[CH]C1. The summed E-state index contributed by atoms with van der Waals surface area (Å²) in [5, 5.41) is 0. The lowest BCUT2D eigenvalue weighted by Gasteiger charge is -2.30. The molecule has 0 bridgehead atoms. The second-order valence-corrected chi connectivity index (χ2v) is 2.41. The van der Waals surface area contributed by atoms with Gasteiger partial charge in [-0.3, -0.25) is 0 Å². The van der Waals surface area contributed by atoms with Crippen LogP contribution in [-0.4, -0.2) is 5.92 Å². The summed E-state index contributed by atoms with van der Waals surface area (Å²) in [4.78, 5) is 0. The van der Waals surface area contributed by atoms with Gasteiger partial charge in [0.1, 0.15) is 0 Å². The Labute approximate surface area is 47.9 Å². The van der Waals surface area contributed by atoms with E-state index < -0.39 is 5.92 Å². The van der Waals surface area contributed by atoms with Crippen LogP contribution in [0.5, 0.6) is 0 Å². The Hall–Kier alpha value is -0.140. The van der Waals surface area contributed by atoms with Crippen molar-refractivity contribution in [2.75, 3.05) is 0 Å². The molecule has 0 nitrogen and oxygen atoms in total. The molecule has 0 amide bonds.